The lowest BCUT2D eigenvalue weighted by Gasteiger charge is -2.14. The second-order valence-corrected chi connectivity index (χ2v) is 5.29. The minimum Gasteiger partial charge on any atom is -0.465 e. The van der Waals surface area contributed by atoms with Gasteiger partial charge in [0.2, 0.25) is 11.2 Å². The zero-order valence-corrected chi connectivity index (χ0v) is 13.1. The molecule has 25 heavy (non-hydrogen) atoms. The number of hydrogen-bond donors (Lipinski definition) is 3. The first kappa shape index (κ1) is 17.3. The molecule has 2 aromatic rings. The van der Waals surface area contributed by atoms with Crippen LogP contribution in [-0.4, -0.2) is 82.8 Å². The van der Waals surface area contributed by atoms with E-state index >= 15 is 0 Å². The third-order valence-electron chi connectivity index (χ3n) is 3.70. The second kappa shape index (κ2) is 6.79. The second-order valence-electron chi connectivity index (χ2n) is 5.29. The van der Waals surface area contributed by atoms with Crippen molar-refractivity contribution in [3.05, 3.63) is 10.4 Å². The molecule has 0 spiro atoms. The lowest BCUT2D eigenvalue weighted by atomic mass is 10.1. The van der Waals surface area contributed by atoms with E-state index in [2.05, 4.69) is 20.6 Å². The fourth-order valence-corrected chi connectivity index (χ4v) is 2.47. The number of fused-ring (bicyclic) bond motifs is 1. The molecule has 1 aliphatic heterocycles. The zero-order valence-electron chi connectivity index (χ0n) is 13.1. The maximum absolute atomic E-state index is 12.5. The topological polar surface area (TPSA) is 175 Å². The number of ether oxygens (including phenoxy) is 2. The Balaban J connectivity index is 1.94. The third kappa shape index (κ3) is 2.97. The molecule has 0 aromatic carbocycles. The largest absolute Gasteiger partial charge is 0.465 e. The van der Waals surface area contributed by atoms with Gasteiger partial charge in [0.25, 0.3) is 0 Å². The quantitative estimate of drug-likeness (QED) is 0.454. The molecule has 0 amide bonds. The predicted octanol–water partition coefficient (Wildman–Crippen LogP) is -3.44. The van der Waals surface area contributed by atoms with E-state index in [-0.39, 0.29) is 24.3 Å². The van der Waals surface area contributed by atoms with Crippen LogP contribution in [0.15, 0.2) is 4.79 Å². The van der Waals surface area contributed by atoms with Crippen LogP contribution in [0.25, 0.3) is 11.2 Å². The maximum Gasteiger partial charge on any atom is 0.327 e. The van der Waals surface area contributed by atoms with Gasteiger partial charge in [0, 0.05) is 0 Å². The first-order valence-electron chi connectivity index (χ1n) is 7.44. The van der Waals surface area contributed by atoms with E-state index in [1.54, 1.807) is 6.92 Å². The number of hydrogen-bond acceptors (Lipinski definition) is 11. The van der Waals surface area contributed by atoms with E-state index in [0.717, 1.165) is 4.68 Å². The Morgan fingerprint density at radius 3 is 2.68 bits per heavy atom. The van der Waals surface area contributed by atoms with Crippen molar-refractivity contribution < 1.29 is 29.6 Å². The van der Waals surface area contributed by atoms with Gasteiger partial charge in [0.05, 0.1) is 13.2 Å². The van der Waals surface area contributed by atoms with Gasteiger partial charge in [-0.3, -0.25) is 9.59 Å². The zero-order chi connectivity index (χ0) is 18.1. The lowest BCUT2D eigenvalue weighted by molar-refractivity contribution is -0.144. The van der Waals surface area contributed by atoms with E-state index in [1.807, 2.05) is 0 Å². The Kier molecular flexibility index (Phi) is 4.71. The van der Waals surface area contributed by atoms with Crippen molar-refractivity contribution in [1.82, 2.24) is 30.0 Å². The van der Waals surface area contributed by atoms with Crippen molar-refractivity contribution in [2.45, 2.75) is 38.0 Å². The highest BCUT2D eigenvalue weighted by Gasteiger charge is 2.44. The van der Waals surface area contributed by atoms with Crippen LogP contribution in [-0.2, 0) is 20.8 Å². The van der Waals surface area contributed by atoms with Gasteiger partial charge >= 0.3 is 11.5 Å². The Morgan fingerprint density at radius 1 is 1.28 bits per heavy atom. The average molecular weight is 356 g/mol. The highest BCUT2D eigenvalue weighted by atomic mass is 16.6. The van der Waals surface area contributed by atoms with Crippen molar-refractivity contribution in [2.24, 2.45) is 0 Å². The minimum atomic E-state index is -1.49. The van der Waals surface area contributed by atoms with Gasteiger partial charge in [-0.15, -0.1) is 10.2 Å². The van der Waals surface area contributed by atoms with Crippen molar-refractivity contribution in [3.63, 3.8) is 0 Å². The standard InChI is InChI=1S/C12H16N6O7/c1-2-24-6(20)3-17-10-7(13-15-17)11(23)18(16-14-10)12-9(22)8(21)5(4-19)25-12/h5,8-9,12,19,21-22H,2-4H2,1H3. The van der Waals surface area contributed by atoms with Crippen molar-refractivity contribution in [3.8, 4) is 0 Å². The number of carbonyl (C=O) groups excluding carboxylic acids is 1. The summed E-state index contributed by atoms with van der Waals surface area (Å²) in [5.41, 5.74) is -1.02. The molecule has 13 heteroatoms. The summed E-state index contributed by atoms with van der Waals surface area (Å²) in [6, 6.07) is 0. The molecule has 3 heterocycles. The molecule has 3 N–H and O–H groups in total. The average Bonchev–Trinajstić information content (AvgIpc) is 3.11. The number of nitrogens with zero attached hydrogens (tertiary/aromatic N) is 6. The normalized spacial score (nSPS) is 26.2. The summed E-state index contributed by atoms with van der Waals surface area (Å²) >= 11 is 0. The molecule has 0 saturated carbocycles. The Bertz CT molecular complexity index is 835. The Labute approximate surface area is 139 Å². The first-order valence-corrected chi connectivity index (χ1v) is 7.44. The van der Waals surface area contributed by atoms with Gasteiger partial charge in [0.1, 0.15) is 24.9 Å². The smallest absolute Gasteiger partial charge is 0.327 e. The van der Waals surface area contributed by atoms with Crippen LogP contribution in [0.2, 0.25) is 0 Å². The van der Waals surface area contributed by atoms with Crippen molar-refractivity contribution in [1.29, 1.82) is 0 Å². The van der Waals surface area contributed by atoms with E-state index < -0.39 is 42.7 Å². The minimum absolute atomic E-state index is 0.0407. The molecular weight excluding hydrogens is 340 g/mol. The summed E-state index contributed by atoms with van der Waals surface area (Å²) in [6.07, 6.45) is -5.29. The van der Waals surface area contributed by atoms with Gasteiger partial charge in [-0.25, -0.2) is 4.68 Å². The molecule has 1 fully saturated rings. The van der Waals surface area contributed by atoms with E-state index in [0.29, 0.717) is 4.68 Å². The van der Waals surface area contributed by atoms with Crippen LogP contribution in [0.5, 0.6) is 0 Å². The molecule has 1 aliphatic rings. The van der Waals surface area contributed by atoms with Gasteiger partial charge in [-0.05, 0) is 6.92 Å². The van der Waals surface area contributed by atoms with E-state index in [4.69, 9.17) is 14.6 Å². The summed E-state index contributed by atoms with van der Waals surface area (Å²) in [4.78, 5) is 24.0. The number of aromatic nitrogens is 6. The summed E-state index contributed by atoms with van der Waals surface area (Å²) in [5.74, 6) is -0.580. The molecule has 2 aromatic heterocycles. The van der Waals surface area contributed by atoms with Gasteiger partial charge in [-0.2, -0.15) is 4.68 Å². The predicted molar refractivity (Wildman–Crippen MR) is 77.0 cm³/mol. The third-order valence-corrected chi connectivity index (χ3v) is 3.70. The number of esters is 1. The first-order chi connectivity index (χ1) is 12.0. The molecule has 0 aliphatic carbocycles. The number of carbonyl (C=O) groups is 1. The summed E-state index contributed by atoms with van der Waals surface area (Å²) in [6.45, 7) is 0.997. The van der Waals surface area contributed by atoms with Crippen LogP contribution in [0.1, 0.15) is 13.2 Å². The summed E-state index contributed by atoms with van der Waals surface area (Å²) in [7, 11) is 0. The number of aliphatic hydroxyl groups excluding tert-OH is 3. The molecule has 1 saturated heterocycles. The van der Waals surface area contributed by atoms with Crippen LogP contribution in [0.3, 0.4) is 0 Å². The highest BCUT2D eigenvalue weighted by molar-refractivity contribution is 5.73. The fourth-order valence-electron chi connectivity index (χ4n) is 2.47. The highest BCUT2D eigenvalue weighted by Crippen LogP contribution is 2.27. The van der Waals surface area contributed by atoms with Gasteiger partial charge in [0.15, 0.2) is 6.23 Å². The summed E-state index contributed by atoms with van der Waals surface area (Å²) < 4.78 is 11.8. The molecule has 13 nitrogen and oxygen atoms in total. The monoisotopic (exact) mass is 356 g/mol. The van der Waals surface area contributed by atoms with Crippen LogP contribution >= 0.6 is 0 Å². The van der Waals surface area contributed by atoms with Gasteiger partial charge < -0.3 is 24.8 Å². The van der Waals surface area contributed by atoms with Crippen molar-refractivity contribution >= 4 is 17.1 Å². The van der Waals surface area contributed by atoms with Crippen LogP contribution < -0.4 is 5.56 Å². The SMILES string of the molecule is CCOC(=O)Cn1nnc2c(=O)n(C3OC(CO)C(O)C3O)nnc21. The van der Waals surface area contributed by atoms with Crippen LogP contribution in [0, 0.1) is 0 Å². The molecule has 0 bridgehead atoms. The molecule has 0 radical (unpaired) electrons. The van der Waals surface area contributed by atoms with E-state index in [1.165, 1.54) is 0 Å². The molecule has 136 valence electrons. The Morgan fingerprint density at radius 2 is 2.04 bits per heavy atom. The van der Waals surface area contributed by atoms with Gasteiger partial charge in [-0.1, -0.05) is 10.4 Å². The van der Waals surface area contributed by atoms with E-state index in [9.17, 15) is 19.8 Å². The number of rotatable bonds is 5. The summed E-state index contributed by atoms with van der Waals surface area (Å²) in [5, 5.41) is 43.6. The van der Waals surface area contributed by atoms with Crippen LogP contribution in [0.4, 0.5) is 0 Å². The fraction of sp³-hybridized carbons (Fsp3) is 0.667. The lowest BCUT2D eigenvalue weighted by Crippen LogP contribution is -2.37. The maximum atomic E-state index is 12.5. The Hall–Kier alpha value is -2.48. The molecule has 3 rings (SSSR count). The molecule has 4 unspecified atom stereocenters. The molecule has 4 atom stereocenters. The number of aliphatic hydroxyl groups is 3. The molecular formula is C12H16N6O7. The van der Waals surface area contributed by atoms with Crippen molar-refractivity contribution in [2.75, 3.05) is 13.2 Å².